The van der Waals surface area contributed by atoms with Crippen LogP contribution in [0.25, 0.3) is 10.9 Å². The van der Waals surface area contributed by atoms with Gasteiger partial charge in [-0.1, -0.05) is 27.2 Å². The predicted octanol–water partition coefficient (Wildman–Crippen LogP) is 5.11. The summed E-state index contributed by atoms with van der Waals surface area (Å²) in [5.74, 6) is 0.868. The number of aromatic nitrogens is 1. The number of amides is 3. The van der Waals surface area contributed by atoms with E-state index >= 15 is 0 Å². The van der Waals surface area contributed by atoms with Gasteiger partial charge in [-0.05, 0) is 77.8 Å². The molecule has 3 fully saturated rings. The van der Waals surface area contributed by atoms with E-state index < -0.39 is 56.0 Å². The van der Waals surface area contributed by atoms with Gasteiger partial charge in [0.05, 0.1) is 35.7 Å². The smallest absolute Gasteiger partial charge is 0.411 e. The van der Waals surface area contributed by atoms with E-state index in [9.17, 15) is 22.8 Å². The van der Waals surface area contributed by atoms with Gasteiger partial charge in [-0.15, -0.1) is 11.8 Å². The number of carbonyl (C=O) groups excluding carboxylic acids is 3. The molecular formula is C37H51N5O8S2. The van der Waals surface area contributed by atoms with E-state index in [1.54, 1.807) is 46.6 Å². The van der Waals surface area contributed by atoms with Crippen molar-refractivity contribution >= 4 is 55.6 Å². The van der Waals surface area contributed by atoms with E-state index in [0.29, 0.717) is 54.3 Å². The molecule has 52 heavy (non-hydrogen) atoms. The van der Waals surface area contributed by atoms with Crippen molar-refractivity contribution in [2.75, 3.05) is 19.4 Å². The number of carbonyl (C=O) groups is 3. The van der Waals surface area contributed by atoms with Crippen LogP contribution in [0.4, 0.5) is 4.79 Å². The molecule has 3 amide bonds. The lowest BCUT2D eigenvalue weighted by Gasteiger charge is -2.29. The van der Waals surface area contributed by atoms with Crippen molar-refractivity contribution in [2.24, 2.45) is 16.8 Å². The third-order valence-corrected chi connectivity index (χ3v) is 14.0. The minimum Gasteiger partial charge on any atom is -0.496 e. The number of aryl methyl sites for hydroxylation is 1. The second-order valence-corrected chi connectivity index (χ2v) is 19.3. The van der Waals surface area contributed by atoms with Crippen molar-refractivity contribution in [3.05, 3.63) is 29.5 Å². The van der Waals surface area contributed by atoms with Crippen LogP contribution in [0.2, 0.25) is 0 Å². The minimum absolute atomic E-state index is 0.0372. The van der Waals surface area contributed by atoms with Gasteiger partial charge in [0.25, 0.3) is 5.91 Å². The van der Waals surface area contributed by atoms with E-state index in [1.807, 2.05) is 32.0 Å². The number of hydrogen-bond donors (Lipinski definition) is 2. The molecule has 2 N–H and O–H groups in total. The lowest BCUT2D eigenvalue weighted by molar-refractivity contribution is -0.132. The largest absolute Gasteiger partial charge is 0.496 e. The summed E-state index contributed by atoms with van der Waals surface area (Å²) in [5, 5.41) is 4.45. The number of aliphatic imine (C=N–C) groups is 1. The molecule has 5 atom stereocenters. The lowest BCUT2D eigenvalue weighted by Crippen LogP contribution is -2.57. The summed E-state index contributed by atoms with van der Waals surface area (Å²) >= 11 is 1.65. The fourth-order valence-corrected chi connectivity index (χ4v) is 9.47. The van der Waals surface area contributed by atoms with Crippen molar-refractivity contribution in [3.63, 3.8) is 0 Å². The van der Waals surface area contributed by atoms with E-state index in [4.69, 9.17) is 24.2 Å². The molecule has 4 aliphatic rings. The van der Waals surface area contributed by atoms with E-state index in [2.05, 4.69) is 23.9 Å². The molecule has 13 nitrogen and oxygen atoms in total. The third-order valence-electron chi connectivity index (χ3n) is 10.7. The number of thioether (sulfide) groups is 1. The SMILES string of the molecule is CC[C@@H]1C[C@]1(NC(=O)[C@@H]1C[C@@H](Oc2cc(C3=NC(C(C)C)CS3)nc3c(C)c(OC)ccc23)CN1C(=O)OC(C)(C)C)C(=O)NS(=O)(=O)C1(C)CC1. The number of fused-ring (bicyclic) bond motifs is 1. The molecular weight excluding hydrogens is 707 g/mol. The van der Waals surface area contributed by atoms with Crippen LogP contribution < -0.4 is 19.5 Å². The van der Waals surface area contributed by atoms with Crippen LogP contribution in [0.1, 0.15) is 91.8 Å². The second-order valence-electron chi connectivity index (χ2n) is 16.1. The molecule has 284 valence electrons. The highest BCUT2D eigenvalue weighted by atomic mass is 32.2. The Labute approximate surface area is 310 Å². The molecule has 2 saturated carbocycles. The Bertz CT molecular complexity index is 1920. The summed E-state index contributed by atoms with van der Waals surface area (Å²) in [5.41, 5.74) is -0.0308. The molecule has 2 aliphatic carbocycles. The molecule has 0 radical (unpaired) electrons. The summed E-state index contributed by atoms with van der Waals surface area (Å²) in [6.07, 6.45) is 0.560. The number of ether oxygens (including phenoxy) is 3. The Balaban J connectivity index is 1.30. The molecule has 1 aromatic heterocycles. The molecule has 1 unspecified atom stereocenters. The van der Waals surface area contributed by atoms with Gasteiger partial charge < -0.3 is 19.5 Å². The fourth-order valence-electron chi connectivity index (χ4n) is 6.91. The van der Waals surface area contributed by atoms with Crippen LogP contribution in [0.3, 0.4) is 0 Å². The number of pyridine rings is 1. The molecule has 3 heterocycles. The first-order valence-corrected chi connectivity index (χ1v) is 20.5. The van der Waals surface area contributed by atoms with Crippen LogP contribution in [-0.2, 0) is 24.3 Å². The fraction of sp³-hybridized carbons (Fsp3) is 0.649. The second kappa shape index (κ2) is 13.7. The van der Waals surface area contributed by atoms with Gasteiger partial charge >= 0.3 is 6.09 Å². The molecule has 1 aromatic carbocycles. The van der Waals surface area contributed by atoms with Crippen molar-refractivity contribution in [1.82, 2.24) is 19.9 Å². The number of nitrogens with one attached hydrogen (secondary N) is 2. The normalized spacial score (nSPS) is 26.6. The summed E-state index contributed by atoms with van der Waals surface area (Å²) in [6.45, 7) is 15.0. The summed E-state index contributed by atoms with van der Waals surface area (Å²) < 4.78 is 45.2. The topological polar surface area (TPSA) is 166 Å². The highest BCUT2D eigenvalue weighted by Gasteiger charge is 2.63. The predicted molar refractivity (Wildman–Crippen MR) is 200 cm³/mol. The van der Waals surface area contributed by atoms with Gasteiger partial charge in [0.2, 0.25) is 15.9 Å². The van der Waals surface area contributed by atoms with E-state index in [1.165, 1.54) is 4.90 Å². The van der Waals surface area contributed by atoms with Crippen LogP contribution in [0, 0.1) is 18.8 Å². The van der Waals surface area contributed by atoms with Gasteiger partial charge in [0.15, 0.2) is 0 Å². The molecule has 0 bridgehead atoms. The highest BCUT2D eigenvalue weighted by Crippen LogP contribution is 2.48. The number of benzene rings is 1. The minimum atomic E-state index is -3.92. The number of nitrogens with zero attached hydrogens (tertiary/aromatic N) is 3. The Morgan fingerprint density at radius 1 is 1.15 bits per heavy atom. The van der Waals surface area contributed by atoms with Crippen molar-refractivity contribution in [1.29, 1.82) is 0 Å². The summed E-state index contributed by atoms with van der Waals surface area (Å²) in [7, 11) is -2.31. The Kier molecular flexibility index (Phi) is 10.0. The van der Waals surface area contributed by atoms with E-state index in [-0.39, 0.29) is 24.9 Å². The summed E-state index contributed by atoms with van der Waals surface area (Å²) in [6, 6.07) is 4.73. The van der Waals surface area contributed by atoms with Crippen LogP contribution in [0.5, 0.6) is 11.5 Å². The van der Waals surface area contributed by atoms with Crippen LogP contribution in [-0.4, -0.2) is 94.7 Å². The molecule has 2 aromatic rings. The zero-order valence-corrected chi connectivity index (χ0v) is 33.1. The van der Waals surface area contributed by atoms with Gasteiger partial charge in [0.1, 0.15) is 39.8 Å². The third kappa shape index (κ3) is 7.31. The quantitative estimate of drug-likeness (QED) is 0.315. The summed E-state index contributed by atoms with van der Waals surface area (Å²) in [4.78, 5) is 52.7. The van der Waals surface area contributed by atoms with Crippen molar-refractivity contribution in [2.45, 2.75) is 122 Å². The Hall–Kier alpha value is -3.59. The number of methoxy groups -OCH3 is 1. The Morgan fingerprint density at radius 3 is 2.44 bits per heavy atom. The molecule has 0 spiro atoms. The zero-order chi connectivity index (χ0) is 38.0. The maximum Gasteiger partial charge on any atom is 0.411 e. The number of likely N-dealkylation sites (tertiary alicyclic amines) is 1. The molecule has 1 saturated heterocycles. The zero-order valence-electron chi connectivity index (χ0n) is 31.5. The van der Waals surface area contributed by atoms with Crippen LogP contribution in [0.15, 0.2) is 23.2 Å². The average molecular weight is 758 g/mol. The number of hydrogen-bond acceptors (Lipinski definition) is 11. The highest BCUT2D eigenvalue weighted by molar-refractivity contribution is 8.14. The number of rotatable bonds is 11. The van der Waals surface area contributed by atoms with Gasteiger partial charge in [-0.25, -0.2) is 18.2 Å². The van der Waals surface area contributed by atoms with E-state index in [0.717, 1.165) is 21.7 Å². The molecule has 2 aliphatic heterocycles. The van der Waals surface area contributed by atoms with Crippen molar-refractivity contribution < 1.29 is 37.0 Å². The molecule has 6 rings (SSSR count). The van der Waals surface area contributed by atoms with Gasteiger partial charge in [-0.2, -0.15) is 0 Å². The van der Waals surface area contributed by atoms with Crippen LogP contribution >= 0.6 is 11.8 Å². The van der Waals surface area contributed by atoms with Gasteiger partial charge in [0, 0.05) is 29.2 Å². The number of sulfonamides is 1. The maximum absolute atomic E-state index is 14.2. The Morgan fingerprint density at radius 2 is 1.87 bits per heavy atom. The first kappa shape index (κ1) is 38.1. The van der Waals surface area contributed by atoms with Crippen molar-refractivity contribution in [3.8, 4) is 11.5 Å². The maximum atomic E-state index is 14.2. The molecule has 15 heteroatoms. The standard InChI is InChI=1S/C37H51N5O8S2/c1-10-22-17-37(22,33(44)41-52(46,47)36(8)13-14-36)40-31(43)27-15-23(18-42(27)34(45)50-35(5,6)7)49-29-16-25(32-39-26(19-51-32)20(2)3)38-30-21(4)28(48-9)12-11-24(29)30/h11-12,16,20,22-23,26-27H,10,13-15,17-19H2,1-9H3,(H,40,43)(H,41,44)/t22-,23-,26?,27+,37-/m1/s1. The van der Waals surface area contributed by atoms with Gasteiger partial charge in [-0.3, -0.25) is 24.2 Å². The average Bonchev–Trinajstić information content (AvgIpc) is 3.84. The first-order valence-electron chi connectivity index (χ1n) is 18.1. The monoisotopic (exact) mass is 757 g/mol. The first-order chi connectivity index (χ1) is 24.3. The lowest BCUT2D eigenvalue weighted by atomic mass is 10.1.